The summed E-state index contributed by atoms with van der Waals surface area (Å²) in [6.45, 7) is 11.3. The third-order valence-electron chi connectivity index (χ3n) is 2.31. The zero-order chi connectivity index (χ0) is 8.58. The normalized spacial score (nSPS) is 13.3. The van der Waals surface area contributed by atoms with Crippen LogP contribution in [0.3, 0.4) is 0 Å². The molecule has 0 aromatic carbocycles. The summed E-state index contributed by atoms with van der Waals surface area (Å²) in [4.78, 5) is 10.8. The van der Waals surface area contributed by atoms with Gasteiger partial charge in [0.05, 0.1) is 0 Å². The summed E-state index contributed by atoms with van der Waals surface area (Å²) in [6.07, 6.45) is 0. The number of rotatable bonds is 2. The molecular formula is C8H16NO. The number of carbonyl (C=O) groups excluding carboxylic acids is 1. The Morgan fingerprint density at radius 1 is 1.30 bits per heavy atom. The van der Waals surface area contributed by atoms with E-state index in [-0.39, 0.29) is 11.3 Å². The van der Waals surface area contributed by atoms with Crippen LogP contribution in [0, 0.1) is 17.8 Å². The van der Waals surface area contributed by atoms with E-state index in [9.17, 15) is 4.79 Å². The maximum atomic E-state index is 10.8. The maximum Gasteiger partial charge on any atom is 0.223 e. The van der Waals surface area contributed by atoms with Crippen LogP contribution in [0.25, 0.3) is 0 Å². The minimum absolute atomic E-state index is 0.299. The summed E-state index contributed by atoms with van der Waals surface area (Å²) in [7, 11) is 0. The Bertz CT molecular complexity index is 142. The lowest BCUT2D eigenvalue weighted by molar-refractivity contribution is -0.130. The van der Waals surface area contributed by atoms with E-state index in [0.717, 1.165) is 0 Å². The number of primary amides is 1. The smallest absolute Gasteiger partial charge is 0.223 e. The molecule has 10 heavy (non-hydrogen) atoms. The monoisotopic (exact) mass is 142 g/mol. The van der Waals surface area contributed by atoms with Crippen molar-refractivity contribution in [2.75, 3.05) is 0 Å². The molecule has 59 valence electrons. The van der Waals surface area contributed by atoms with E-state index in [1.54, 1.807) is 0 Å². The SMILES string of the molecule is [CH2]C(C)(C)C(C)(C)C(N)=O. The van der Waals surface area contributed by atoms with Crippen LogP contribution in [-0.2, 0) is 4.79 Å². The predicted octanol–water partition coefficient (Wildman–Crippen LogP) is 1.36. The Hall–Kier alpha value is -0.530. The van der Waals surface area contributed by atoms with Crippen LogP contribution in [-0.4, -0.2) is 5.91 Å². The Balaban J connectivity index is 4.57. The fraction of sp³-hybridized carbons (Fsp3) is 0.750. The zero-order valence-electron chi connectivity index (χ0n) is 7.19. The number of amides is 1. The van der Waals surface area contributed by atoms with Crippen molar-refractivity contribution in [2.45, 2.75) is 27.7 Å². The first-order valence-corrected chi connectivity index (χ1v) is 3.35. The van der Waals surface area contributed by atoms with Crippen LogP contribution in [0.4, 0.5) is 0 Å². The van der Waals surface area contributed by atoms with E-state index in [1.807, 2.05) is 27.7 Å². The van der Waals surface area contributed by atoms with Gasteiger partial charge in [0.15, 0.2) is 0 Å². The molecule has 0 rings (SSSR count). The first kappa shape index (κ1) is 9.47. The molecule has 2 heteroatoms. The van der Waals surface area contributed by atoms with Crippen molar-refractivity contribution >= 4 is 5.91 Å². The molecule has 0 saturated heterocycles. The van der Waals surface area contributed by atoms with Crippen molar-refractivity contribution in [1.29, 1.82) is 0 Å². The highest BCUT2D eigenvalue weighted by molar-refractivity contribution is 5.80. The maximum absolute atomic E-state index is 10.8. The van der Waals surface area contributed by atoms with Gasteiger partial charge in [-0.1, -0.05) is 27.7 Å². The fourth-order valence-electron chi connectivity index (χ4n) is 0.334. The molecule has 0 aliphatic rings. The summed E-state index contributed by atoms with van der Waals surface area (Å²) < 4.78 is 0. The molecule has 0 saturated carbocycles. The van der Waals surface area contributed by atoms with Crippen molar-refractivity contribution in [3.63, 3.8) is 0 Å². The van der Waals surface area contributed by atoms with Crippen molar-refractivity contribution < 1.29 is 4.79 Å². The summed E-state index contributed by atoms with van der Waals surface area (Å²) in [5.74, 6) is -0.299. The van der Waals surface area contributed by atoms with E-state index in [1.165, 1.54) is 0 Å². The van der Waals surface area contributed by atoms with Gasteiger partial charge in [-0.2, -0.15) is 0 Å². The van der Waals surface area contributed by atoms with Gasteiger partial charge in [0.25, 0.3) is 0 Å². The molecule has 0 bridgehead atoms. The highest BCUT2D eigenvalue weighted by atomic mass is 16.1. The van der Waals surface area contributed by atoms with E-state index in [0.29, 0.717) is 0 Å². The molecule has 0 spiro atoms. The van der Waals surface area contributed by atoms with E-state index < -0.39 is 5.41 Å². The minimum atomic E-state index is -0.535. The number of nitrogens with two attached hydrogens (primary N) is 1. The molecule has 0 aliphatic heterocycles. The largest absolute Gasteiger partial charge is 0.369 e. The third-order valence-corrected chi connectivity index (χ3v) is 2.31. The van der Waals surface area contributed by atoms with E-state index >= 15 is 0 Å². The highest BCUT2D eigenvalue weighted by Gasteiger charge is 2.37. The Labute approximate surface area is 62.8 Å². The Morgan fingerprint density at radius 3 is 1.60 bits per heavy atom. The summed E-state index contributed by atoms with van der Waals surface area (Å²) in [6, 6.07) is 0. The molecule has 2 N–H and O–H groups in total. The van der Waals surface area contributed by atoms with Crippen LogP contribution >= 0.6 is 0 Å². The van der Waals surface area contributed by atoms with Crippen LogP contribution in [0.5, 0.6) is 0 Å². The van der Waals surface area contributed by atoms with Crippen LogP contribution in [0.1, 0.15) is 27.7 Å². The minimum Gasteiger partial charge on any atom is -0.369 e. The zero-order valence-corrected chi connectivity index (χ0v) is 7.19. The number of hydrogen-bond donors (Lipinski definition) is 1. The molecule has 0 aliphatic carbocycles. The van der Waals surface area contributed by atoms with Crippen molar-refractivity contribution in [1.82, 2.24) is 0 Å². The standard InChI is InChI=1S/C8H16NO/c1-7(2,3)8(4,5)6(9)10/h1H2,2-5H3,(H2,9,10). The topological polar surface area (TPSA) is 43.1 Å². The van der Waals surface area contributed by atoms with Crippen LogP contribution in [0.2, 0.25) is 0 Å². The summed E-state index contributed by atoms with van der Waals surface area (Å²) >= 11 is 0. The summed E-state index contributed by atoms with van der Waals surface area (Å²) in [5.41, 5.74) is 4.34. The van der Waals surface area contributed by atoms with Crippen molar-refractivity contribution in [3.8, 4) is 0 Å². The van der Waals surface area contributed by atoms with Gasteiger partial charge in [0, 0.05) is 5.41 Å². The average Bonchev–Trinajstić information content (AvgIpc) is 1.62. The molecule has 0 aromatic heterocycles. The van der Waals surface area contributed by atoms with Gasteiger partial charge in [-0.3, -0.25) is 4.79 Å². The number of hydrogen-bond acceptors (Lipinski definition) is 1. The second kappa shape index (κ2) is 2.26. The van der Waals surface area contributed by atoms with Gasteiger partial charge < -0.3 is 5.73 Å². The fourth-order valence-corrected chi connectivity index (χ4v) is 0.334. The average molecular weight is 142 g/mol. The van der Waals surface area contributed by atoms with E-state index in [4.69, 9.17) is 5.73 Å². The molecule has 1 amide bonds. The Morgan fingerprint density at radius 2 is 1.60 bits per heavy atom. The lowest BCUT2D eigenvalue weighted by atomic mass is 9.69. The van der Waals surface area contributed by atoms with Gasteiger partial charge in [0.2, 0.25) is 5.91 Å². The van der Waals surface area contributed by atoms with Gasteiger partial charge >= 0.3 is 0 Å². The quantitative estimate of drug-likeness (QED) is 0.621. The second-order valence-electron chi connectivity index (χ2n) is 3.87. The second-order valence-corrected chi connectivity index (χ2v) is 3.87. The highest BCUT2D eigenvalue weighted by Crippen LogP contribution is 2.36. The van der Waals surface area contributed by atoms with Gasteiger partial charge in [-0.25, -0.2) is 0 Å². The molecule has 0 aromatic rings. The van der Waals surface area contributed by atoms with Gasteiger partial charge in [-0.05, 0) is 12.3 Å². The van der Waals surface area contributed by atoms with Gasteiger partial charge in [-0.15, -0.1) is 0 Å². The van der Waals surface area contributed by atoms with Crippen LogP contribution in [0.15, 0.2) is 0 Å². The summed E-state index contributed by atoms with van der Waals surface area (Å²) in [5, 5.41) is 0. The lowest BCUT2D eigenvalue weighted by Crippen LogP contribution is -2.42. The number of carbonyl (C=O) groups is 1. The predicted molar refractivity (Wildman–Crippen MR) is 42.1 cm³/mol. The van der Waals surface area contributed by atoms with Gasteiger partial charge in [0.1, 0.15) is 0 Å². The first-order valence-electron chi connectivity index (χ1n) is 3.35. The van der Waals surface area contributed by atoms with Crippen LogP contribution < -0.4 is 5.73 Å². The molecule has 0 atom stereocenters. The van der Waals surface area contributed by atoms with E-state index in [2.05, 4.69) is 6.92 Å². The molecular weight excluding hydrogens is 126 g/mol. The molecule has 2 nitrogen and oxygen atoms in total. The lowest BCUT2D eigenvalue weighted by Gasteiger charge is -2.35. The third kappa shape index (κ3) is 1.49. The molecule has 0 unspecified atom stereocenters. The first-order chi connectivity index (χ1) is 4.19. The Kier molecular flexibility index (Phi) is 2.14. The molecule has 0 fully saturated rings. The van der Waals surface area contributed by atoms with Crippen molar-refractivity contribution in [2.24, 2.45) is 16.6 Å². The molecule has 1 radical (unpaired) electrons. The van der Waals surface area contributed by atoms with Crippen molar-refractivity contribution in [3.05, 3.63) is 6.92 Å². The molecule has 0 heterocycles.